The molecule has 1 radical (unpaired) electrons. The SMILES string of the molecule is [CH2]CC(C)NC(=O)NCc1ccccc1. The van der Waals surface area contributed by atoms with Crippen LogP contribution in [0.15, 0.2) is 30.3 Å². The number of hydrogen-bond acceptors (Lipinski definition) is 1. The van der Waals surface area contributed by atoms with Crippen LogP contribution in [0.2, 0.25) is 0 Å². The Morgan fingerprint density at radius 1 is 1.40 bits per heavy atom. The van der Waals surface area contributed by atoms with Crippen molar-refractivity contribution in [3.8, 4) is 0 Å². The molecule has 2 amide bonds. The van der Waals surface area contributed by atoms with Gasteiger partial charge in [0.05, 0.1) is 0 Å². The van der Waals surface area contributed by atoms with E-state index in [9.17, 15) is 4.79 Å². The Morgan fingerprint density at radius 2 is 2.07 bits per heavy atom. The molecule has 0 fully saturated rings. The van der Waals surface area contributed by atoms with E-state index < -0.39 is 0 Å². The average Bonchev–Trinajstić information content (AvgIpc) is 2.27. The summed E-state index contributed by atoms with van der Waals surface area (Å²) in [6.07, 6.45) is 0.693. The fourth-order valence-corrected chi connectivity index (χ4v) is 1.13. The quantitative estimate of drug-likeness (QED) is 0.776. The predicted molar refractivity (Wildman–Crippen MR) is 61.2 cm³/mol. The molecule has 81 valence electrons. The molecule has 3 heteroatoms. The molecule has 3 nitrogen and oxygen atoms in total. The third-order valence-corrected chi connectivity index (χ3v) is 2.11. The molecular formula is C12H17N2O. The highest BCUT2D eigenvalue weighted by molar-refractivity contribution is 5.74. The van der Waals surface area contributed by atoms with Crippen molar-refractivity contribution in [2.75, 3.05) is 0 Å². The molecule has 0 saturated carbocycles. The monoisotopic (exact) mass is 205 g/mol. The minimum atomic E-state index is -0.144. The first-order valence-corrected chi connectivity index (χ1v) is 5.10. The van der Waals surface area contributed by atoms with Crippen LogP contribution < -0.4 is 10.6 Å². The molecule has 0 bridgehead atoms. The van der Waals surface area contributed by atoms with Crippen LogP contribution in [0.4, 0.5) is 4.79 Å². The summed E-state index contributed by atoms with van der Waals surface area (Å²) in [5.41, 5.74) is 1.09. The van der Waals surface area contributed by atoms with Crippen LogP contribution in [0.1, 0.15) is 18.9 Å². The lowest BCUT2D eigenvalue weighted by Gasteiger charge is -2.12. The highest BCUT2D eigenvalue weighted by Crippen LogP contribution is 1.97. The molecule has 1 rings (SSSR count). The van der Waals surface area contributed by atoms with Crippen molar-refractivity contribution in [2.45, 2.75) is 25.9 Å². The van der Waals surface area contributed by atoms with Crippen LogP contribution in [-0.2, 0) is 6.54 Å². The number of rotatable bonds is 4. The van der Waals surface area contributed by atoms with Crippen molar-refractivity contribution in [1.82, 2.24) is 10.6 Å². The van der Waals surface area contributed by atoms with Gasteiger partial charge in [-0.3, -0.25) is 0 Å². The van der Waals surface area contributed by atoms with Crippen LogP contribution in [0.25, 0.3) is 0 Å². The first-order chi connectivity index (χ1) is 7.22. The number of carbonyl (C=O) groups is 1. The topological polar surface area (TPSA) is 41.1 Å². The second-order valence-electron chi connectivity index (χ2n) is 3.50. The molecule has 1 atom stereocenters. The van der Waals surface area contributed by atoms with Crippen molar-refractivity contribution in [3.05, 3.63) is 42.8 Å². The van der Waals surface area contributed by atoms with Gasteiger partial charge in [-0.1, -0.05) is 37.3 Å². The van der Waals surface area contributed by atoms with Crippen molar-refractivity contribution in [1.29, 1.82) is 0 Å². The summed E-state index contributed by atoms with van der Waals surface area (Å²) in [5, 5.41) is 5.57. The molecule has 0 spiro atoms. The summed E-state index contributed by atoms with van der Waals surface area (Å²) in [7, 11) is 0. The lowest BCUT2D eigenvalue weighted by Crippen LogP contribution is -2.40. The van der Waals surface area contributed by atoms with Gasteiger partial charge in [-0.2, -0.15) is 0 Å². The molecule has 2 N–H and O–H groups in total. The third kappa shape index (κ3) is 4.49. The maximum absolute atomic E-state index is 11.3. The zero-order valence-corrected chi connectivity index (χ0v) is 8.99. The first kappa shape index (κ1) is 11.6. The van der Waals surface area contributed by atoms with Crippen molar-refractivity contribution in [3.63, 3.8) is 0 Å². The molecule has 15 heavy (non-hydrogen) atoms. The van der Waals surface area contributed by atoms with Crippen LogP contribution in [-0.4, -0.2) is 12.1 Å². The maximum atomic E-state index is 11.3. The molecule has 0 aliphatic rings. The van der Waals surface area contributed by atoms with Crippen molar-refractivity contribution in [2.24, 2.45) is 0 Å². The van der Waals surface area contributed by atoms with E-state index in [2.05, 4.69) is 17.6 Å². The zero-order valence-electron chi connectivity index (χ0n) is 8.99. The van der Waals surface area contributed by atoms with E-state index in [1.807, 2.05) is 37.3 Å². The van der Waals surface area contributed by atoms with E-state index in [4.69, 9.17) is 0 Å². The largest absolute Gasteiger partial charge is 0.336 e. The Bertz CT molecular complexity index is 298. The van der Waals surface area contributed by atoms with Gasteiger partial charge < -0.3 is 10.6 Å². The number of carbonyl (C=O) groups excluding carboxylic acids is 1. The smallest absolute Gasteiger partial charge is 0.315 e. The number of benzene rings is 1. The van der Waals surface area contributed by atoms with Gasteiger partial charge in [0, 0.05) is 12.6 Å². The molecule has 0 saturated heterocycles. The second kappa shape index (κ2) is 6.06. The standard InChI is InChI=1S/C12H17N2O/c1-3-10(2)14-12(15)13-9-11-7-5-4-6-8-11/h4-8,10H,1,3,9H2,2H3,(H2,13,14,15). The summed E-state index contributed by atoms with van der Waals surface area (Å²) in [5.74, 6) is 0. The fourth-order valence-electron chi connectivity index (χ4n) is 1.13. The van der Waals surface area contributed by atoms with Gasteiger partial charge in [-0.25, -0.2) is 4.79 Å². The summed E-state index contributed by atoms with van der Waals surface area (Å²) in [4.78, 5) is 11.3. The molecule has 1 unspecified atom stereocenters. The summed E-state index contributed by atoms with van der Waals surface area (Å²) >= 11 is 0. The summed E-state index contributed by atoms with van der Waals surface area (Å²) in [6.45, 7) is 6.19. The van der Waals surface area contributed by atoms with Crippen LogP contribution >= 0.6 is 0 Å². The van der Waals surface area contributed by atoms with Gasteiger partial charge in [0.2, 0.25) is 0 Å². The first-order valence-electron chi connectivity index (χ1n) is 5.10. The highest BCUT2D eigenvalue weighted by atomic mass is 16.2. The van der Waals surface area contributed by atoms with Gasteiger partial charge in [0.25, 0.3) is 0 Å². The molecule has 0 aliphatic carbocycles. The Kier molecular flexibility index (Phi) is 4.68. The van der Waals surface area contributed by atoms with Gasteiger partial charge in [-0.15, -0.1) is 0 Å². The fraction of sp³-hybridized carbons (Fsp3) is 0.333. The Balaban J connectivity index is 2.29. The summed E-state index contributed by atoms with van der Waals surface area (Å²) in [6, 6.07) is 9.78. The van der Waals surface area contributed by atoms with Gasteiger partial charge in [0.1, 0.15) is 0 Å². The highest BCUT2D eigenvalue weighted by Gasteiger charge is 2.03. The van der Waals surface area contributed by atoms with Gasteiger partial charge in [-0.05, 0) is 18.9 Å². The Labute approximate surface area is 90.9 Å². The van der Waals surface area contributed by atoms with Crippen LogP contribution in [0, 0.1) is 6.92 Å². The van der Waals surface area contributed by atoms with E-state index in [-0.39, 0.29) is 12.1 Å². The molecular weight excluding hydrogens is 188 g/mol. The van der Waals surface area contributed by atoms with E-state index in [0.717, 1.165) is 5.56 Å². The molecule has 1 aromatic rings. The minimum absolute atomic E-state index is 0.112. The minimum Gasteiger partial charge on any atom is -0.336 e. The third-order valence-electron chi connectivity index (χ3n) is 2.11. The Morgan fingerprint density at radius 3 is 2.67 bits per heavy atom. The number of hydrogen-bond donors (Lipinski definition) is 2. The molecule has 0 aliphatic heterocycles. The average molecular weight is 205 g/mol. The van der Waals surface area contributed by atoms with Crippen LogP contribution in [0.5, 0.6) is 0 Å². The molecule has 0 heterocycles. The van der Waals surface area contributed by atoms with Crippen molar-refractivity contribution < 1.29 is 4.79 Å². The van der Waals surface area contributed by atoms with E-state index >= 15 is 0 Å². The summed E-state index contributed by atoms with van der Waals surface area (Å²) < 4.78 is 0. The van der Waals surface area contributed by atoms with Gasteiger partial charge in [0.15, 0.2) is 0 Å². The predicted octanol–water partition coefficient (Wildman–Crippen LogP) is 2.10. The van der Waals surface area contributed by atoms with E-state index in [1.54, 1.807) is 0 Å². The molecule has 0 aromatic heterocycles. The van der Waals surface area contributed by atoms with E-state index in [0.29, 0.717) is 13.0 Å². The van der Waals surface area contributed by atoms with Gasteiger partial charge >= 0.3 is 6.03 Å². The number of nitrogens with one attached hydrogen (secondary N) is 2. The maximum Gasteiger partial charge on any atom is 0.315 e. The van der Waals surface area contributed by atoms with Crippen LogP contribution in [0.3, 0.4) is 0 Å². The van der Waals surface area contributed by atoms with E-state index in [1.165, 1.54) is 0 Å². The number of urea groups is 1. The molecule has 1 aromatic carbocycles. The lowest BCUT2D eigenvalue weighted by molar-refractivity contribution is 0.237. The lowest BCUT2D eigenvalue weighted by atomic mass is 10.2. The zero-order chi connectivity index (χ0) is 11.1. The Hall–Kier alpha value is -1.51. The van der Waals surface area contributed by atoms with Crippen molar-refractivity contribution >= 4 is 6.03 Å². The second-order valence-corrected chi connectivity index (χ2v) is 3.50. The normalized spacial score (nSPS) is 11.9. The number of amides is 2.